The molecular weight excluding hydrogens is 391 g/mol. The number of sulfonamides is 1. The molecule has 0 bridgehead atoms. The lowest BCUT2D eigenvalue weighted by Crippen LogP contribution is -2.39. The molecule has 0 aromatic heterocycles. The van der Waals surface area contributed by atoms with Crippen LogP contribution in [-0.2, 0) is 21.4 Å². The van der Waals surface area contributed by atoms with Gasteiger partial charge in [-0.25, -0.2) is 12.8 Å². The number of carbonyl (C=O) groups excluding carboxylic acids is 1. The Bertz CT molecular complexity index is 954. The van der Waals surface area contributed by atoms with Crippen molar-refractivity contribution in [3.8, 4) is 0 Å². The molecule has 0 spiro atoms. The topological polar surface area (TPSA) is 66.5 Å². The predicted octanol–water partition coefficient (Wildman–Crippen LogP) is 3.63. The first kappa shape index (κ1) is 21.5. The number of amides is 1. The molecule has 1 N–H and O–H groups in total. The first-order valence-corrected chi connectivity index (χ1v) is 11.4. The lowest BCUT2D eigenvalue weighted by molar-refractivity contribution is -0.121. The Balaban J connectivity index is 1.44. The highest BCUT2D eigenvalue weighted by atomic mass is 32.2. The number of nitrogens with one attached hydrogen (secondary N) is 1. The monoisotopic (exact) mass is 418 g/mol. The van der Waals surface area contributed by atoms with Gasteiger partial charge in [0.2, 0.25) is 15.9 Å². The highest BCUT2D eigenvalue weighted by molar-refractivity contribution is 7.89. The van der Waals surface area contributed by atoms with Gasteiger partial charge >= 0.3 is 0 Å². The lowest BCUT2D eigenvalue weighted by Gasteiger charge is -2.31. The number of aryl methyl sites for hydroxylation is 1. The Morgan fingerprint density at radius 1 is 1.14 bits per heavy atom. The van der Waals surface area contributed by atoms with Crippen molar-refractivity contribution in [2.45, 2.75) is 44.0 Å². The molecule has 2 aromatic rings. The van der Waals surface area contributed by atoms with E-state index in [1.54, 1.807) is 28.6 Å². The van der Waals surface area contributed by atoms with Crippen molar-refractivity contribution in [3.63, 3.8) is 0 Å². The summed E-state index contributed by atoms with van der Waals surface area (Å²) in [5.41, 5.74) is 1.48. The van der Waals surface area contributed by atoms with Crippen LogP contribution in [0.15, 0.2) is 53.4 Å². The average molecular weight is 419 g/mol. The van der Waals surface area contributed by atoms with Gasteiger partial charge in [0.1, 0.15) is 5.82 Å². The van der Waals surface area contributed by atoms with Gasteiger partial charge in [-0.15, -0.1) is 0 Å². The summed E-state index contributed by atoms with van der Waals surface area (Å²) in [4.78, 5) is 12.4. The zero-order valence-electron chi connectivity index (χ0n) is 16.6. The van der Waals surface area contributed by atoms with E-state index in [1.165, 1.54) is 12.1 Å². The van der Waals surface area contributed by atoms with Crippen LogP contribution in [0.3, 0.4) is 0 Å². The van der Waals surface area contributed by atoms with Crippen LogP contribution in [-0.4, -0.2) is 31.7 Å². The summed E-state index contributed by atoms with van der Waals surface area (Å²) < 4.78 is 40.4. The molecular formula is C22H27FN2O3S. The van der Waals surface area contributed by atoms with E-state index in [0.717, 1.165) is 30.4 Å². The van der Waals surface area contributed by atoms with Crippen LogP contribution in [0.5, 0.6) is 0 Å². The third kappa shape index (κ3) is 5.64. The smallest absolute Gasteiger partial charge is 0.243 e. The van der Waals surface area contributed by atoms with Crippen molar-refractivity contribution < 1.29 is 17.6 Å². The van der Waals surface area contributed by atoms with Crippen molar-refractivity contribution in [2.24, 2.45) is 5.92 Å². The minimum Gasteiger partial charge on any atom is -0.352 e. The molecule has 3 rings (SSSR count). The zero-order chi connectivity index (χ0) is 20.9. The molecule has 0 aliphatic carbocycles. The van der Waals surface area contributed by atoms with Crippen LogP contribution in [0.1, 0.15) is 36.8 Å². The number of benzene rings is 2. The molecule has 0 radical (unpaired) electrons. The third-order valence-corrected chi connectivity index (χ3v) is 7.50. The normalized spacial score (nSPS) is 15.9. The number of nitrogens with zero attached hydrogens (tertiary/aromatic N) is 1. The van der Waals surface area contributed by atoms with Gasteiger partial charge in [0.15, 0.2) is 0 Å². The van der Waals surface area contributed by atoms with Crippen molar-refractivity contribution in [3.05, 3.63) is 65.5 Å². The van der Waals surface area contributed by atoms with E-state index in [-0.39, 0.29) is 11.7 Å². The highest BCUT2D eigenvalue weighted by Gasteiger charge is 2.30. The Morgan fingerprint density at radius 3 is 2.55 bits per heavy atom. The van der Waals surface area contributed by atoms with E-state index in [4.69, 9.17) is 0 Å². The van der Waals surface area contributed by atoms with Crippen LogP contribution in [0.25, 0.3) is 0 Å². The van der Waals surface area contributed by atoms with E-state index in [9.17, 15) is 17.6 Å². The fourth-order valence-corrected chi connectivity index (χ4v) is 5.39. The Hall–Kier alpha value is -2.25. The maximum absolute atomic E-state index is 13.2. The first-order valence-electron chi connectivity index (χ1n) is 9.93. The number of carbonyl (C=O) groups is 1. The molecule has 7 heteroatoms. The van der Waals surface area contributed by atoms with Gasteiger partial charge < -0.3 is 5.32 Å². The molecule has 1 aliphatic heterocycles. The number of rotatable bonds is 7. The summed E-state index contributed by atoms with van der Waals surface area (Å²) in [6.07, 6.45) is 2.63. The van der Waals surface area contributed by atoms with E-state index >= 15 is 0 Å². The van der Waals surface area contributed by atoms with Crippen LogP contribution in [0, 0.1) is 18.7 Å². The molecule has 1 amide bonds. The van der Waals surface area contributed by atoms with Crippen molar-refractivity contribution in [2.75, 3.05) is 13.1 Å². The fraction of sp³-hybridized carbons (Fsp3) is 0.409. The van der Waals surface area contributed by atoms with Crippen molar-refractivity contribution >= 4 is 15.9 Å². The van der Waals surface area contributed by atoms with Crippen LogP contribution >= 0.6 is 0 Å². The molecule has 2 aromatic carbocycles. The Labute approximate surface area is 172 Å². The standard InChI is InChI=1S/C22H27FN2O3S/c1-17-5-2-3-8-21(17)29(27,28)25-13-11-18(12-14-25)9-10-22(26)24-16-19-6-4-7-20(23)15-19/h2-8,15,18H,9-14,16H2,1H3,(H,24,26). The van der Waals surface area contributed by atoms with Gasteiger partial charge in [0.25, 0.3) is 0 Å². The van der Waals surface area contributed by atoms with E-state index in [1.807, 2.05) is 19.1 Å². The maximum atomic E-state index is 13.2. The highest BCUT2D eigenvalue weighted by Crippen LogP contribution is 2.27. The second kappa shape index (κ2) is 9.50. The van der Waals surface area contributed by atoms with E-state index in [0.29, 0.717) is 36.9 Å². The number of hydrogen-bond acceptors (Lipinski definition) is 3. The van der Waals surface area contributed by atoms with Gasteiger partial charge in [-0.3, -0.25) is 4.79 Å². The minimum absolute atomic E-state index is 0.0655. The average Bonchev–Trinajstić information content (AvgIpc) is 2.71. The zero-order valence-corrected chi connectivity index (χ0v) is 17.4. The first-order chi connectivity index (χ1) is 13.9. The Morgan fingerprint density at radius 2 is 1.86 bits per heavy atom. The van der Waals surface area contributed by atoms with Gasteiger partial charge in [-0.2, -0.15) is 4.31 Å². The third-order valence-electron chi connectivity index (χ3n) is 5.44. The SMILES string of the molecule is Cc1ccccc1S(=O)(=O)N1CCC(CCC(=O)NCc2cccc(F)c2)CC1. The summed E-state index contributed by atoms with van der Waals surface area (Å²) in [5, 5.41) is 2.81. The molecule has 0 atom stereocenters. The molecule has 0 unspecified atom stereocenters. The molecule has 1 aliphatic rings. The molecule has 29 heavy (non-hydrogen) atoms. The molecule has 5 nitrogen and oxygen atoms in total. The van der Waals surface area contributed by atoms with E-state index in [2.05, 4.69) is 5.32 Å². The summed E-state index contributed by atoms with van der Waals surface area (Å²) in [6, 6.07) is 13.2. The molecule has 1 heterocycles. The molecule has 0 saturated carbocycles. The van der Waals surface area contributed by atoms with Gasteiger partial charge in [-0.1, -0.05) is 30.3 Å². The minimum atomic E-state index is -3.47. The maximum Gasteiger partial charge on any atom is 0.243 e. The summed E-state index contributed by atoms with van der Waals surface area (Å²) in [5.74, 6) is -0.0494. The van der Waals surface area contributed by atoms with Crippen LogP contribution in [0.4, 0.5) is 4.39 Å². The Kier molecular flexibility index (Phi) is 7.03. The van der Waals surface area contributed by atoms with Gasteiger partial charge in [-0.05, 0) is 61.4 Å². The van der Waals surface area contributed by atoms with Gasteiger partial charge in [0, 0.05) is 26.1 Å². The second-order valence-electron chi connectivity index (χ2n) is 7.56. The van der Waals surface area contributed by atoms with Crippen molar-refractivity contribution in [1.29, 1.82) is 0 Å². The second-order valence-corrected chi connectivity index (χ2v) is 9.46. The predicted molar refractivity (Wildman–Crippen MR) is 110 cm³/mol. The molecule has 1 fully saturated rings. The van der Waals surface area contributed by atoms with Gasteiger partial charge in [0.05, 0.1) is 4.90 Å². The summed E-state index contributed by atoms with van der Waals surface area (Å²) in [7, 11) is -3.47. The molecule has 156 valence electrons. The largest absolute Gasteiger partial charge is 0.352 e. The summed E-state index contributed by atoms with van der Waals surface area (Å²) in [6.45, 7) is 3.07. The number of piperidine rings is 1. The lowest BCUT2D eigenvalue weighted by atomic mass is 9.93. The van der Waals surface area contributed by atoms with Crippen LogP contribution in [0.2, 0.25) is 0 Å². The number of halogens is 1. The van der Waals surface area contributed by atoms with Crippen LogP contribution < -0.4 is 5.32 Å². The summed E-state index contributed by atoms with van der Waals surface area (Å²) >= 11 is 0. The fourth-order valence-electron chi connectivity index (χ4n) is 3.69. The van der Waals surface area contributed by atoms with E-state index < -0.39 is 10.0 Å². The number of hydrogen-bond donors (Lipinski definition) is 1. The molecule has 1 saturated heterocycles. The van der Waals surface area contributed by atoms with Crippen molar-refractivity contribution in [1.82, 2.24) is 9.62 Å². The quantitative estimate of drug-likeness (QED) is 0.747.